The summed E-state index contributed by atoms with van der Waals surface area (Å²) in [4.78, 5) is 0. The van der Waals surface area contributed by atoms with Gasteiger partial charge in [-0.05, 0) is 30.7 Å². The first-order valence-corrected chi connectivity index (χ1v) is 5.64. The van der Waals surface area contributed by atoms with Gasteiger partial charge in [-0.3, -0.25) is 0 Å². The molecule has 96 valence electrons. The maximum absolute atomic E-state index is 12.7. The van der Waals surface area contributed by atoms with E-state index in [1.807, 2.05) is 0 Å². The molecule has 0 radical (unpaired) electrons. The first-order chi connectivity index (χ1) is 8.40. The molecule has 0 aliphatic carbocycles. The molecule has 0 saturated heterocycles. The van der Waals surface area contributed by atoms with Crippen molar-refractivity contribution >= 4 is 11.6 Å². The zero-order valence-electron chi connectivity index (χ0n) is 9.38. The minimum Gasteiger partial charge on any atom is -0.359 e. The van der Waals surface area contributed by atoms with Gasteiger partial charge in [-0.15, -0.1) is 11.6 Å². The molecule has 0 atom stereocenters. The molecule has 0 fully saturated rings. The van der Waals surface area contributed by atoms with Crippen LogP contribution in [0.3, 0.4) is 0 Å². The molecule has 1 heterocycles. The predicted molar refractivity (Wildman–Crippen MR) is 61.2 cm³/mol. The van der Waals surface area contributed by atoms with E-state index in [1.54, 1.807) is 13.0 Å². The minimum absolute atomic E-state index is 0.130. The van der Waals surface area contributed by atoms with Crippen molar-refractivity contribution in [1.82, 2.24) is 5.16 Å². The molecule has 0 unspecified atom stereocenters. The normalized spacial score (nSPS) is 11.8. The third kappa shape index (κ3) is 2.67. The molecule has 0 saturated carbocycles. The van der Waals surface area contributed by atoms with E-state index in [0.717, 1.165) is 12.1 Å². The molecule has 2 rings (SSSR count). The van der Waals surface area contributed by atoms with Crippen LogP contribution in [0.2, 0.25) is 0 Å². The van der Waals surface area contributed by atoms with Gasteiger partial charge in [-0.1, -0.05) is 5.16 Å². The number of hydrogen-bond donors (Lipinski definition) is 0. The Bertz CT molecular complexity index is 563. The number of aryl methyl sites for hydroxylation is 1. The molecule has 0 spiro atoms. The fraction of sp³-hybridized carbons (Fsp3) is 0.250. The van der Waals surface area contributed by atoms with Gasteiger partial charge in [0, 0.05) is 11.6 Å². The lowest BCUT2D eigenvalue weighted by Crippen LogP contribution is -2.05. The highest BCUT2D eigenvalue weighted by atomic mass is 35.5. The van der Waals surface area contributed by atoms with Gasteiger partial charge in [0.15, 0.2) is 5.76 Å². The molecule has 0 bridgehead atoms. The largest absolute Gasteiger partial charge is 0.416 e. The Kier molecular flexibility index (Phi) is 3.34. The number of hydrogen-bond acceptors (Lipinski definition) is 2. The lowest BCUT2D eigenvalue weighted by Gasteiger charge is -2.09. The van der Waals surface area contributed by atoms with Gasteiger partial charge in [0.2, 0.25) is 0 Å². The van der Waals surface area contributed by atoms with Gasteiger partial charge >= 0.3 is 6.18 Å². The summed E-state index contributed by atoms with van der Waals surface area (Å²) in [6.07, 6.45) is -4.38. The Labute approximate surface area is 106 Å². The van der Waals surface area contributed by atoms with E-state index in [-0.39, 0.29) is 5.88 Å². The number of alkyl halides is 4. The number of nitrogens with zero attached hydrogens (tertiary/aromatic N) is 1. The fourth-order valence-corrected chi connectivity index (χ4v) is 1.73. The summed E-state index contributed by atoms with van der Waals surface area (Å²) in [5.74, 6) is 0.548. The van der Waals surface area contributed by atoms with Gasteiger partial charge in [0.1, 0.15) is 5.69 Å². The van der Waals surface area contributed by atoms with Crippen molar-refractivity contribution in [2.45, 2.75) is 19.0 Å². The molecule has 2 aromatic rings. The average Bonchev–Trinajstić information content (AvgIpc) is 2.75. The van der Waals surface area contributed by atoms with E-state index in [1.165, 1.54) is 6.07 Å². The van der Waals surface area contributed by atoms with Crippen molar-refractivity contribution in [3.05, 3.63) is 41.2 Å². The Balaban J connectivity index is 2.48. The highest BCUT2D eigenvalue weighted by Crippen LogP contribution is 2.33. The van der Waals surface area contributed by atoms with Crippen LogP contribution < -0.4 is 0 Å². The second-order valence-electron chi connectivity index (χ2n) is 3.90. The third-order valence-electron chi connectivity index (χ3n) is 2.39. The van der Waals surface area contributed by atoms with Crippen LogP contribution in [0.1, 0.15) is 16.9 Å². The van der Waals surface area contributed by atoms with Crippen LogP contribution in [0, 0.1) is 6.92 Å². The molecule has 0 N–H and O–H groups in total. The minimum atomic E-state index is -4.38. The Morgan fingerprint density at radius 2 is 1.94 bits per heavy atom. The second-order valence-corrected chi connectivity index (χ2v) is 4.16. The molecule has 18 heavy (non-hydrogen) atoms. The third-order valence-corrected chi connectivity index (χ3v) is 2.65. The first kappa shape index (κ1) is 13.0. The molecule has 0 amide bonds. The zero-order valence-corrected chi connectivity index (χ0v) is 10.1. The van der Waals surface area contributed by atoms with Gasteiger partial charge in [0.05, 0.1) is 11.4 Å². The summed E-state index contributed by atoms with van der Waals surface area (Å²) in [6, 6.07) is 5.28. The summed E-state index contributed by atoms with van der Waals surface area (Å²) in [6.45, 7) is 1.60. The maximum atomic E-state index is 12.7. The maximum Gasteiger partial charge on any atom is 0.416 e. The van der Waals surface area contributed by atoms with E-state index in [2.05, 4.69) is 5.16 Å². The summed E-state index contributed by atoms with van der Waals surface area (Å²) in [5.41, 5.74) is 0.519. The lowest BCUT2D eigenvalue weighted by atomic mass is 10.0. The van der Waals surface area contributed by atoms with Gasteiger partial charge in [-0.2, -0.15) is 13.2 Å². The fourth-order valence-electron chi connectivity index (χ4n) is 1.61. The van der Waals surface area contributed by atoms with Crippen molar-refractivity contribution in [2.75, 3.05) is 0 Å². The summed E-state index contributed by atoms with van der Waals surface area (Å²) in [7, 11) is 0. The second kappa shape index (κ2) is 4.65. The molecular formula is C12H9ClF3NO. The molecule has 0 aliphatic rings. The van der Waals surface area contributed by atoms with Crippen LogP contribution in [0.25, 0.3) is 11.3 Å². The molecule has 0 aliphatic heterocycles. The monoisotopic (exact) mass is 275 g/mol. The van der Waals surface area contributed by atoms with Crippen LogP contribution in [-0.2, 0) is 12.1 Å². The first-order valence-electron chi connectivity index (χ1n) is 5.11. The van der Waals surface area contributed by atoms with Gasteiger partial charge < -0.3 is 4.52 Å². The van der Waals surface area contributed by atoms with Crippen LogP contribution in [-0.4, -0.2) is 5.16 Å². The Morgan fingerprint density at radius 3 is 2.50 bits per heavy atom. The van der Waals surface area contributed by atoms with Crippen LogP contribution in [0.4, 0.5) is 13.2 Å². The van der Waals surface area contributed by atoms with E-state index in [0.29, 0.717) is 22.6 Å². The van der Waals surface area contributed by atoms with Crippen molar-refractivity contribution in [3.8, 4) is 11.3 Å². The SMILES string of the molecule is Cc1cc(-c2cc(CCl)on2)cc(C(F)(F)F)c1. The number of halogens is 4. The highest BCUT2D eigenvalue weighted by molar-refractivity contribution is 6.16. The van der Waals surface area contributed by atoms with Crippen LogP contribution in [0.5, 0.6) is 0 Å². The number of benzene rings is 1. The van der Waals surface area contributed by atoms with Gasteiger partial charge in [0.25, 0.3) is 0 Å². The van der Waals surface area contributed by atoms with Crippen molar-refractivity contribution < 1.29 is 17.7 Å². The lowest BCUT2D eigenvalue weighted by molar-refractivity contribution is -0.137. The number of aromatic nitrogens is 1. The smallest absolute Gasteiger partial charge is 0.359 e. The molecule has 6 heteroatoms. The highest BCUT2D eigenvalue weighted by Gasteiger charge is 2.31. The molecule has 2 nitrogen and oxygen atoms in total. The predicted octanol–water partition coefficient (Wildman–Crippen LogP) is 4.41. The van der Waals surface area contributed by atoms with Crippen LogP contribution >= 0.6 is 11.6 Å². The van der Waals surface area contributed by atoms with Gasteiger partial charge in [-0.25, -0.2) is 0 Å². The summed E-state index contributed by atoms with van der Waals surface area (Å²) >= 11 is 5.55. The quantitative estimate of drug-likeness (QED) is 0.759. The average molecular weight is 276 g/mol. The zero-order chi connectivity index (χ0) is 13.3. The van der Waals surface area contributed by atoms with Crippen molar-refractivity contribution in [1.29, 1.82) is 0 Å². The molecule has 1 aromatic carbocycles. The topological polar surface area (TPSA) is 26.0 Å². The Morgan fingerprint density at radius 1 is 1.22 bits per heavy atom. The van der Waals surface area contributed by atoms with Crippen molar-refractivity contribution in [2.24, 2.45) is 0 Å². The van der Waals surface area contributed by atoms with E-state index in [9.17, 15) is 13.2 Å². The van der Waals surface area contributed by atoms with Crippen molar-refractivity contribution in [3.63, 3.8) is 0 Å². The molecular weight excluding hydrogens is 267 g/mol. The summed E-state index contributed by atoms with van der Waals surface area (Å²) in [5, 5.41) is 3.69. The standard InChI is InChI=1S/C12H9ClF3NO/c1-7-2-8(4-9(3-7)12(14,15)16)11-5-10(6-13)18-17-11/h2-5H,6H2,1H3. The Hall–Kier alpha value is -1.49. The van der Waals surface area contributed by atoms with E-state index in [4.69, 9.17) is 16.1 Å². The van der Waals surface area contributed by atoms with E-state index >= 15 is 0 Å². The summed E-state index contributed by atoms with van der Waals surface area (Å²) < 4.78 is 42.9. The number of rotatable bonds is 2. The van der Waals surface area contributed by atoms with E-state index < -0.39 is 11.7 Å². The van der Waals surface area contributed by atoms with Crippen LogP contribution in [0.15, 0.2) is 28.8 Å². The molecule has 1 aromatic heterocycles.